The summed E-state index contributed by atoms with van der Waals surface area (Å²) in [6, 6.07) is 17.5. The fourth-order valence-corrected chi connectivity index (χ4v) is 4.32. The van der Waals surface area contributed by atoms with Crippen LogP contribution in [0.5, 0.6) is 17.2 Å². The highest BCUT2D eigenvalue weighted by Crippen LogP contribution is 2.30. The van der Waals surface area contributed by atoms with Crippen molar-refractivity contribution in [2.24, 2.45) is 5.73 Å². The van der Waals surface area contributed by atoms with Crippen molar-refractivity contribution in [3.8, 4) is 29.1 Å². The third-order valence-electron chi connectivity index (χ3n) is 6.55. The summed E-state index contributed by atoms with van der Waals surface area (Å²) in [4.78, 5) is 23.6. The molecule has 0 radical (unpaired) electrons. The number of nitrogens with two attached hydrogens (primary N) is 1. The minimum Gasteiger partial charge on any atom is -0.497 e. The Hall–Kier alpha value is -4.49. The lowest BCUT2D eigenvalue weighted by Gasteiger charge is -2.25. The van der Waals surface area contributed by atoms with Crippen molar-refractivity contribution >= 4 is 22.6 Å². The molecule has 0 saturated carbocycles. The van der Waals surface area contributed by atoms with Crippen LogP contribution in [0.2, 0.25) is 0 Å². The molecule has 9 nitrogen and oxygen atoms in total. The van der Waals surface area contributed by atoms with Crippen LogP contribution >= 0.6 is 0 Å². The molecular formula is C31H31N5O4. The van der Waals surface area contributed by atoms with Crippen LogP contribution in [0.15, 0.2) is 73.1 Å². The first-order chi connectivity index (χ1) is 19.6. The van der Waals surface area contributed by atoms with Gasteiger partial charge in [0.1, 0.15) is 23.1 Å². The third-order valence-corrected chi connectivity index (χ3v) is 6.55. The van der Waals surface area contributed by atoms with Gasteiger partial charge in [-0.15, -0.1) is 0 Å². The van der Waals surface area contributed by atoms with Crippen LogP contribution in [-0.4, -0.2) is 60.7 Å². The van der Waals surface area contributed by atoms with Crippen molar-refractivity contribution < 1.29 is 19.0 Å². The number of amides is 1. The Morgan fingerprint density at radius 1 is 1.05 bits per heavy atom. The van der Waals surface area contributed by atoms with Gasteiger partial charge in [-0.1, -0.05) is 17.9 Å². The zero-order chi connectivity index (χ0) is 27.7. The summed E-state index contributed by atoms with van der Waals surface area (Å²) in [6.45, 7) is 4.41. The standard InChI is InChI=1S/C31H31N5O4/c1-38-25-11-13-34-30(21-25)35-31(37)22-5-8-24(9-6-22)40-29-12-14-33-28-20-23(7-10-26(28)29)27(32)4-2-3-15-36-16-18-39-19-17-36/h5-14,20-21,27H,3,15-19,32H2,1H3,(H,34,35,37). The van der Waals surface area contributed by atoms with E-state index in [9.17, 15) is 4.79 Å². The summed E-state index contributed by atoms with van der Waals surface area (Å²) in [5.41, 5.74) is 8.50. The Morgan fingerprint density at radius 2 is 1.85 bits per heavy atom. The highest BCUT2D eigenvalue weighted by molar-refractivity contribution is 6.03. The van der Waals surface area contributed by atoms with Gasteiger partial charge in [-0.05, 0) is 54.1 Å². The van der Waals surface area contributed by atoms with Gasteiger partial charge in [-0.3, -0.25) is 14.7 Å². The summed E-state index contributed by atoms with van der Waals surface area (Å²) >= 11 is 0. The maximum absolute atomic E-state index is 12.6. The molecule has 1 amide bonds. The van der Waals surface area contributed by atoms with Gasteiger partial charge < -0.3 is 25.3 Å². The van der Waals surface area contributed by atoms with E-state index in [1.54, 1.807) is 55.9 Å². The number of hydrogen-bond donors (Lipinski definition) is 2. The molecule has 1 fully saturated rings. The van der Waals surface area contributed by atoms with Crippen LogP contribution in [0.25, 0.3) is 10.9 Å². The summed E-state index contributed by atoms with van der Waals surface area (Å²) in [6.07, 6.45) is 4.04. The van der Waals surface area contributed by atoms with Crippen LogP contribution in [0.4, 0.5) is 5.82 Å². The Bertz CT molecular complexity index is 1520. The molecule has 204 valence electrons. The second-order valence-corrected chi connectivity index (χ2v) is 9.25. The average molecular weight is 538 g/mol. The first-order valence-electron chi connectivity index (χ1n) is 13.1. The van der Waals surface area contributed by atoms with Crippen LogP contribution < -0.4 is 20.5 Å². The normalized spacial score (nSPS) is 14.2. The van der Waals surface area contributed by atoms with Gasteiger partial charge in [0, 0.05) is 55.5 Å². The fourth-order valence-electron chi connectivity index (χ4n) is 4.32. The zero-order valence-electron chi connectivity index (χ0n) is 22.3. The maximum atomic E-state index is 12.6. The summed E-state index contributed by atoms with van der Waals surface area (Å²) in [7, 11) is 1.56. The van der Waals surface area contributed by atoms with E-state index in [1.807, 2.05) is 24.3 Å². The Labute approximate surface area is 233 Å². The molecule has 2 aromatic carbocycles. The predicted octanol–water partition coefficient (Wildman–Crippen LogP) is 4.41. The number of anilines is 1. The molecule has 1 saturated heterocycles. The number of nitrogens with zero attached hydrogens (tertiary/aromatic N) is 3. The number of rotatable bonds is 8. The first-order valence-corrected chi connectivity index (χ1v) is 13.1. The van der Waals surface area contributed by atoms with Crippen molar-refractivity contribution in [1.29, 1.82) is 0 Å². The summed E-state index contributed by atoms with van der Waals surface area (Å²) in [5.74, 6) is 8.36. The molecule has 1 unspecified atom stereocenters. The Balaban J connectivity index is 1.22. The van der Waals surface area contributed by atoms with E-state index in [1.165, 1.54) is 0 Å². The Kier molecular flexibility index (Phi) is 8.83. The van der Waals surface area contributed by atoms with Crippen molar-refractivity contribution in [1.82, 2.24) is 14.9 Å². The maximum Gasteiger partial charge on any atom is 0.256 e. The van der Waals surface area contributed by atoms with E-state index < -0.39 is 6.04 Å². The second-order valence-electron chi connectivity index (χ2n) is 9.25. The van der Waals surface area contributed by atoms with E-state index in [-0.39, 0.29) is 5.91 Å². The number of nitrogens with one attached hydrogen (secondary N) is 1. The van der Waals surface area contributed by atoms with Crippen molar-refractivity contribution in [3.63, 3.8) is 0 Å². The first kappa shape index (κ1) is 27.1. The van der Waals surface area contributed by atoms with Crippen molar-refractivity contribution in [3.05, 3.63) is 84.2 Å². The topological polar surface area (TPSA) is 112 Å². The van der Waals surface area contributed by atoms with Gasteiger partial charge in [0.2, 0.25) is 0 Å². The fraction of sp³-hybridized carbons (Fsp3) is 0.258. The van der Waals surface area contributed by atoms with Crippen molar-refractivity contribution in [2.75, 3.05) is 45.3 Å². The predicted molar refractivity (Wildman–Crippen MR) is 154 cm³/mol. The van der Waals surface area contributed by atoms with Crippen LogP contribution in [-0.2, 0) is 4.74 Å². The lowest BCUT2D eigenvalue weighted by atomic mass is 10.0. The highest BCUT2D eigenvalue weighted by atomic mass is 16.5. The van der Waals surface area contributed by atoms with E-state index in [4.69, 9.17) is 19.9 Å². The average Bonchev–Trinajstić information content (AvgIpc) is 3.00. The van der Waals surface area contributed by atoms with Gasteiger partial charge in [-0.25, -0.2) is 4.98 Å². The largest absolute Gasteiger partial charge is 0.497 e. The molecule has 0 aliphatic carbocycles. The SMILES string of the molecule is COc1ccnc(NC(=O)c2ccc(Oc3ccnc4cc(C(N)C#CCCN5CCOCC5)ccc34)cc2)c1. The molecule has 40 heavy (non-hydrogen) atoms. The summed E-state index contributed by atoms with van der Waals surface area (Å²) in [5, 5.41) is 3.62. The minimum absolute atomic E-state index is 0.283. The van der Waals surface area contributed by atoms with E-state index in [2.05, 4.69) is 32.0 Å². The molecule has 3 heterocycles. The molecule has 1 aliphatic rings. The monoisotopic (exact) mass is 537 g/mol. The number of aromatic nitrogens is 2. The van der Waals surface area contributed by atoms with Crippen LogP contribution in [0.3, 0.4) is 0 Å². The van der Waals surface area contributed by atoms with Crippen LogP contribution in [0.1, 0.15) is 28.4 Å². The zero-order valence-corrected chi connectivity index (χ0v) is 22.3. The molecule has 9 heteroatoms. The lowest BCUT2D eigenvalue weighted by Crippen LogP contribution is -2.36. The van der Waals surface area contributed by atoms with E-state index in [0.29, 0.717) is 28.6 Å². The molecule has 1 atom stereocenters. The number of fused-ring (bicyclic) bond motifs is 1. The lowest BCUT2D eigenvalue weighted by molar-refractivity contribution is 0.0390. The van der Waals surface area contributed by atoms with E-state index >= 15 is 0 Å². The molecule has 4 aromatic rings. The molecule has 3 N–H and O–H groups in total. The number of morpholine rings is 1. The second kappa shape index (κ2) is 13.0. The van der Waals surface area contributed by atoms with E-state index in [0.717, 1.165) is 55.7 Å². The molecule has 0 spiro atoms. The molecule has 2 aromatic heterocycles. The number of carbonyl (C=O) groups excluding carboxylic acids is 1. The quantitative estimate of drug-likeness (QED) is 0.318. The highest BCUT2D eigenvalue weighted by Gasteiger charge is 2.12. The van der Waals surface area contributed by atoms with Gasteiger partial charge in [-0.2, -0.15) is 0 Å². The molecule has 0 bridgehead atoms. The number of pyridine rings is 2. The van der Waals surface area contributed by atoms with Crippen molar-refractivity contribution in [2.45, 2.75) is 12.5 Å². The number of ether oxygens (including phenoxy) is 3. The van der Waals surface area contributed by atoms with Gasteiger partial charge in [0.25, 0.3) is 5.91 Å². The number of methoxy groups -OCH3 is 1. The number of hydrogen-bond acceptors (Lipinski definition) is 8. The third kappa shape index (κ3) is 6.93. The molecule has 1 aliphatic heterocycles. The van der Waals surface area contributed by atoms with Gasteiger partial charge in [0.15, 0.2) is 0 Å². The Morgan fingerprint density at radius 3 is 2.65 bits per heavy atom. The summed E-state index contributed by atoms with van der Waals surface area (Å²) < 4.78 is 16.7. The van der Waals surface area contributed by atoms with Crippen LogP contribution in [0, 0.1) is 11.8 Å². The number of carbonyl (C=O) groups is 1. The van der Waals surface area contributed by atoms with Gasteiger partial charge >= 0.3 is 0 Å². The number of benzene rings is 2. The molecular weight excluding hydrogens is 506 g/mol. The smallest absolute Gasteiger partial charge is 0.256 e. The van der Waals surface area contributed by atoms with Gasteiger partial charge in [0.05, 0.1) is 31.9 Å². The minimum atomic E-state index is -0.397. The molecule has 5 rings (SSSR count).